The number of rotatable bonds is 13. The molecule has 0 unspecified atom stereocenters. The van der Waals surface area contributed by atoms with Crippen molar-refractivity contribution in [2.75, 3.05) is 9.80 Å². The van der Waals surface area contributed by atoms with Gasteiger partial charge in [0.2, 0.25) is 0 Å². The van der Waals surface area contributed by atoms with Crippen molar-refractivity contribution in [1.82, 2.24) is 0 Å². The Morgan fingerprint density at radius 1 is 0.212 bits per heavy atom. The van der Waals surface area contributed by atoms with Gasteiger partial charge in [-0.05, 0) is 152 Å². The van der Waals surface area contributed by atoms with E-state index in [4.69, 9.17) is 0 Å². The first-order valence-electron chi connectivity index (χ1n) is 22.4. The largest absolute Gasteiger partial charge is 0.310 e. The van der Waals surface area contributed by atoms with Gasteiger partial charge in [-0.1, -0.05) is 195 Å². The highest BCUT2D eigenvalue weighted by Crippen LogP contribution is 2.41. The molecule has 314 valence electrons. The summed E-state index contributed by atoms with van der Waals surface area (Å²) in [5.41, 5.74) is 20.3. The average Bonchev–Trinajstić information content (AvgIpc) is 3.40. The summed E-state index contributed by atoms with van der Waals surface area (Å²) >= 11 is 0. The van der Waals surface area contributed by atoms with Crippen molar-refractivity contribution < 1.29 is 0 Å². The molecule has 0 spiro atoms. The zero-order valence-corrected chi connectivity index (χ0v) is 36.7. The summed E-state index contributed by atoms with van der Waals surface area (Å²) in [6, 6.07) is 91.3. The predicted octanol–water partition coefficient (Wildman–Crippen LogP) is 18.2. The Kier molecular flexibility index (Phi) is 11.9. The molecular weight excluding hydrogens is 797 g/mol. The average molecular weight is 845 g/mol. The van der Waals surface area contributed by atoms with Crippen LogP contribution in [0.2, 0.25) is 0 Å². The van der Waals surface area contributed by atoms with Crippen molar-refractivity contribution in [3.05, 3.63) is 279 Å². The third-order valence-electron chi connectivity index (χ3n) is 12.2. The van der Waals surface area contributed by atoms with Crippen LogP contribution in [0.15, 0.2) is 268 Å². The molecule has 0 bridgehead atoms. The predicted molar refractivity (Wildman–Crippen MR) is 283 cm³/mol. The molecule has 0 aliphatic carbocycles. The van der Waals surface area contributed by atoms with Crippen LogP contribution < -0.4 is 9.80 Å². The molecule has 0 aliphatic rings. The van der Waals surface area contributed by atoms with Gasteiger partial charge in [-0.25, -0.2) is 0 Å². The molecule has 0 aromatic heterocycles. The van der Waals surface area contributed by atoms with E-state index in [1.807, 2.05) is 12.2 Å². The minimum absolute atomic E-state index is 1.07. The Morgan fingerprint density at radius 2 is 0.470 bits per heavy atom. The van der Waals surface area contributed by atoms with Crippen LogP contribution in [0.3, 0.4) is 0 Å². The normalized spacial score (nSPS) is 10.8. The van der Waals surface area contributed by atoms with Crippen molar-refractivity contribution in [2.45, 2.75) is 0 Å². The van der Waals surface area contributed by atoms with Crippen LogP contribution >= 0.6 is 0 Å². The van der Waals surface area contributed by atoms with Crippen LogP contribution in [-0.2, 0) is 0 Å². The van der Waals surface area contributed by atoms with Gasteiger partial charge in [0.05, 0.1) is 0 Å². The second-order valence-electron chi connectivity index (χ2n) is 16.4. The van der Waals surface area contributed by atoms with E-state index in [9.17, 15) is 0 Å². The second-order valence-corrected chi connectivity index (χ2v) is 16.4. The third-order valence-corrected chi connectivity index (χ3v) is 12.2. The third kappa shape index (κ3) is 8.90. The van der Waals surface area contributed by atoms with E-state index in [0.29, 0.717) is 0 Å². The molecule has 66 heavy (non-hydrogen) atoms. The van der Waals surface area contributed by atoms with Gasteiger partial charge in [0.15, 0.2) is 0 Å². The summed E-state index contributed by atoms with van der Waals surface area (Å²) in [5.74, 6) is 0. The summed E-state index contributed by atoms with van der Waals surface area (Å²) in [4.78, 5) is 4.69. The van der Waals surface area contributed by atoms with Gasteiger partial charge < -0.3 is 9.80 Å². The maximum atomic E-state index is 3.98. The number of hydrogen-bond donors (Lipinski definition) is 0. The molecule has 0 amide bonds. The molecule has 0 fully saturated rings. The van der Waals surface area contributed by atoms with E-state index in [-0.39, 0.29) is 0 Å². The molecule has 10 aromatic carbocycles. The second kappa shape index (κ2) is 18.9. The maximum Gasteiger partial charge on any atom is 0.0467 e. The van der Waals surface area contributed by atoms with Crippen molar-refractivity contribution in [3.63, 3.8) is 0 Å². The molecule has 0 radical (unpaired) electrons. The Morgan fingerprint density at radius 3 is 0.788 bits per heavy atom. The first-order valence-corrected chi connectivity index (χ1v) is 22.4. The molecule has 0 aliphatic heterocycles. The van der Waals surface area contributed by atoms with Gasteiger partial charge in [0, 0.05) is 34.1 Å². The highest BCUT2D eigenvalue weighted by Gasteiger charge is 2.17. The van der Waals surface area contributed by atoms with Crippen LogP contribution in [0.5, 0.6) is 0 Å². The highest BCUT2D eigenvalue weighted by atomic mass is 15.1. The number of nitrogens with zero attached hydrogens (tertiary/aromatic N) is 2. The Bertz CT molecular complexity index is 3020. The minimum atomic E-state index is 1.07. The Balaban J connectivity index is 1.03. The van der Waals surface area contributed by atoms with Crippen molar-refractivity contribution >= 4 is 46.3 Å². The summed E-state index contributed by atoms with van der Waals surface area (Å²) < 4.78 is 0. The van der Waals surface area contributed by atoms with E-state index in [1.165, 1.54) is 22.3 Å². The fraction of sp³-hybridized carbons (Fsp3) is 0. The number of hydrogen-bond acceptors (Lipinski definition) is 2. The number of benzene rings is 10. The molecule has 0 atom stereocenters. The molecule has 10 aromatic rings. The van der Waals surface area contributed by atoms with Crippen LogP contribution in [-0.4, -0.2) is 0 Å². The summed E-state index contributed by atoms with van der Waals surface area (Å²) in [5, 5.41) is 0. The van der Waals surface area contributed by atoms with Crippen molar-refractivity contribution in [3.8, 4) is 55.6 Å². The van der Waals surface area contributed by atoms with E-state index in [2.05, 4.69) is 278 Å². The highest BCUT2D eigenvalue weighted by molar-refractivity contribution is 5.85. The maximum absolute atomic E-state index is 3.98. The first-order chi connectivity index (χ1) is 32.6. The molecule has 0 heterocycles. The lowest BCUT2D eigenvalue weighted by Gasteiger charge is -2.27. The van der Waals surface area contributed by atoms with Gasteiger partial charge >= 0.3 is 0 Å². The lowest BCUT2D eigenvalue weighted by molar-refractivity contribution is 1.28. The number of anilines is 6. The topological polar surface area (TPSA) is 6.48 Å². The van der Waals surface area contributed by atoms with Crippen LogP contribution in [0, 0.1) is 0 Å². The fourth-order valence-electron chi connectivity index (χ4n) is 8.71. The lowest BCUT2D eigenvalue weighted by Crippen LogP contribution is -2.10. The summed E-state index contributed by atoms with van der Waals surface area (Å²) in [7, 11) is 0. The monoisotopic (exact) mass is 844 g/mol. The van der Waals surface area contributed by atoms with Crippen molar-refractivity contribution in [1.29, 1.82) is 0 Å². The van der Waals surface area contributed by atoms with Gasteiger partial charge in [0.25, 0.3) is 0 Å². The van der Waals surface area contributed by atoms with Gasteiger partial charge in [0.1, 0.15) is 0 Å². The van der Waals surface area contributed by atoms with Gasteiger partial charge in [-0.3, -0.25) is 0 Å². The molecule has 10 rings (SSSR count). The summed E-state index contributed by atoms with van der Waals surface area (Å²) in [6.45, 7) is 7.97. The molecule has 2 heteroatoms. The first kappa shape index (κ1) is 41.3. The van der Waals surface area contributed by atoms with E-state index >= 15 is 0 Å². The zero-order chi connectivity index (χ0) is 44.7. The SMILES string of the molecule is C=Cc1cccc(-c2ccc(N(c3ccc(-c4ccccc4)cc3)c3cccc(-c4cccc(N(c5ccc(-c6ccccc6)cc5)c5ccc(-c6cccc(C=C)c6)cc5)c4)c3)cc2)c1. The van der Waals surface area contributed by atoms with Crippen LogP contribution in [0.25, 0.3) is 67.8 Å². The molecule has 0 saturated carbocycles. The lowest BCUT2D eigenvalue weighted by atomic mass is 10.0. The molecule has 2 nitrogen and oxygen atoms in total. The van der Waals surface area contributed by atoms with Crippen LogP contribution in [0.1, 0.15) is 11.1 Å². The standard InChI is InChI=1S/C64H48N2/c1-3-47-15-11-21-55(43-47)53-31-39-61(40-32-53)65(59-35-27-51(28-36-59)49-17-7-5-8-18-49)63-25-13-23-57(45-63)58-24-14-26-64(46-58)66(60-37-29-52(30-38-60)50-19-9-6-10-20-50)62-41-33-54(34-42-62)56-22-12-16-48(4-2)44-56/h3-46H,1-2H2. The smallest absolute Gasteiger partial charge is 0.0467 e. The van der Waals surface area contributed by atoms with Crippen LogP contribution in [0.4, 0.5) is 34.1 Å². The van der Waals surface area contributed by atoms with Gasteiger partial charge in [-0.2, -0.15) is 0 Å². The fourth-order valence-corrected chi connectivity index (χ4v) is 8.71. The Hall–Kier alpha value is -8.72. The van der Waals surface area contributed by atoms with E-state index in [1.54, 1.807) is 0 Å². The van der Waals surface area contributed by atoms with E-state index < -0.39 is 0 Å². The summed E-state index contributed by atoms with van der Waals surface area (Å²) in [6.07, 6.45) is 3.79. The van der Waals surface area contributed by atoms with Crippen molar-refractivity contribution in [2.24, 2.45) is 0 Å². The van der Waals surface area contributed by atoms with E-state index in [0.717, 1.165) is 78.6 Å². The minimum Gasteiger partial charge on any atom is -0.310 e. The molecular formula is C64H48N2. The Labute approximate surface area is 389 Å². The van der Waals surface area contributed by atoms with Gasteiger partial charge in [-0.15, -0.1) is 0 Å². The molecule has 0 saturated heterocycles. The molecule has 0 N–H and O–H groups in total. The quantitative estimate of drug-likeness (QED) is 0.114. The zero-order valence-electron chi connectivity index (χ0n) is 36.7.